The molecule has 2 aliphatic rings. The first kappa shape index (κ1) is 22.3. The monoisotopic (exact) mass is 456 g/mol. The molecule has 2 aromatic rings. The van der Waals surface area contributed by atoms with Gasteiger partial charge < -0.3 is 24.8 Å². The fourth-order valence-electron chi connectivity index (χ4n) is 4.13. The van der Waals surface area contributed by atoms with E-state index >= 15 is 0 Å². The lowest BCUT2D eigenvalue weighted by Crippen LogP contribution is -2.48. The number of likely N-dealkylation sites (tertiary alicyclic amines) is 1. The molecule has 1 aromatic carbocycles. The quantitative estimate of drug-likeness (QED) is 0.721. The Morgan fingerprint density at radius 3 is 2.56 bits per heavy atom. The molecule has 2 aliphatic heterocycles. The van der Waals surface area contributed by atoms with Crippen molar-refractivity contribution < 1.29 is 19.1 Å². The molecule has 0 unspecified atom stereocenters. The Morgan fingerprint density at radius 1 is 1.12 bits per heavy atom. The Labute approximate surface area is 191 Å². The zero-order valence-electron chi connectivity index (χ0n) is 18.2. The number of amides is 3. The van der Waals surface area contributed by atoms with Crippen molar-refractivity contribution in [1.29, 1.82) is 0 Å². The van der Waals surface area contributed by atoms with Crippen LogP contribution in [0.1, 0.15) is 22.5 Å². The van der Waals surface area contributed by atoms with Gasteiger partial charge in [-0.15, -0.1) is 11.3 Å². The van der Waals surface area contributed by atoms with Crippen LogP contribution in [0.5, 0.6) is 0 Å². The molecule has 2 fully saturated rings. The first-order valence-electron chi connectivity index (χ1n) is 10.8. The van der Waals surface area contributed by atoms with Crippen LogP contribution >= 0.6 is 11.3 Å². The number of likely N-dealkylation sites (N-methyl/N-ethyl adjacent to an activating group) is 1. The fraction of sp³-hybridized carbons (Fsp3) is 0.435. The van der Waals surface area contributed by atoms with Crippen molar-refractivity contribution >= 4 is 40.4 Å². The topological polar surface area (TPSA) is 82.2 Å². The van der Waals surface area contributed by atoms with E-state index in [2.05, 4.69) is 10.2 Å². The summed E-state index contributed by atoms with van der Waals surface area (Å²) in [6, 6.07) is 10.8. The molecule has 0 bridgehead atoms. The average molecular weight is 457 g/mol. The molecule has 0 spiro atoms. The second kappa shape index (κ2) is 10.1. The zero-order valence-corrected chi connectivity index (χ0v) is 19.0. The first-order valence-corrected chi connectivity index (χ1v) is 11.7. The number of benzene rings is 1. The van der Waals surface area contributed by atoms with Gasteiger partial charge in [0, 0.05) is 38.1 Å². The number of rotatable bonds is 6. The van der Waals surface area contributed by atoms with Crippen LogP contribution in [0.25, 0.3) is 0 Å². The molecule has 2 saturated heterocycles. The van der Waals surface area contributed by atoms with E-state index in [-0.39, 0.29) is 24.3 Å². The maximum absolute atomic E-state index is 13.0. The fourth-order valence-corrected chi connectivity index (χ4v) is 4.81. The summed E-state index contributed by atoms with van der Waals surface area (Å²) in [4.78, 5) is 44.1. The molecule has 4 rings (SSSR count). The number of thiophene rings is 1. The number of anilines is 2. The van der Waals surface area contributed by atoms with Gasteiger partial charge in [0.15, 0.2) is 0 Å². The number of hydrogen-bond acceptors (Lipinski definition) is 6. The molecule has 8 nitrogen and oxygen atoms in total. The summed E-state index contributed by atoms with van der Waals surface area (Å²) in [5.41, 5.74) is 1.78. The van der Waals surface area contributed by atoms with Crippen LogP contribution in [0.4, 0.5) is 11.4 Å². The van der Waals surface area contributed by atoms with Crippen LogP contribution in [-0.4, -0.2) is 80.0 Å². The van der Waals surface area contributed by atoms with Gasteiger partial charge in [0.25, 0.3) is 5.91 Å². The third kappa shape index (κ3) is 5.11. The second-order valence-corrected chi connectivity index (χ2v) is 8.97. The highest BCUT2D eigenvalue weighted by atomic mass is 32.1. The maximum atomic E-state index is 13.0. The molecular formula is C23H28N4O4S. The van der Waals surface area contributed by atoms with Crippen LogP contribution in [0.2, 0.25) is 0 Å². The summed E-state index contributed by atoms with van der Waals surface area (Å²) in [6.07, 6.45) is 1.40. The molecule has 1 N–H and O–H groups in total. The van der Waals surface area contributed by atoms with Crippen LogP contribution in [0, 0.1) is 0 Å². The minimum atomic E-state index is -0.518. The van der Waals surface area contributed by atoms with Gasteiger partial charge in [0.1, 0.15) is 6.04 Å². The lowest BCUT2D eigenvalue weighted by molar-refractivity contribution is -0.136. The van der Waals surface area contributed by atoms with E-state index in [9.17, 15) is 14.4 Å². The van der Waals surface area contributed by atoms with Crippen molar-refractivity contribution in [2.75, 3.05) is 56.7 Å². The number of morpholine rings is 1. The highest BCUT2D eigenvalue weighted by molar-refractivity contribution is 7.12. The summed E-state index contributed by atoms with van der Waals surface area (Å²) in [5, 5.41) is 4.70. The normalized spacial score (nSPS) is 18.5. The van der Waals surface area contributed by atoms with E-state index in [4.69, 9.17) is 4.74 Å². The lowest BCUT2D eigenvalue weighted by atomic mass is 10.2. The van der Waals surface area contributed by atoms with Crippen molar-refractivity contribution in [3.63, 3.8) is 0 Å². The molecule has 0 radical (unpaired) electrons. The first-order chi connectivity index (χ1) is 15.5. The third-order valence-corrected chi connectivity index (χ3v) is 6.67. The predicted molar refractivity (Wildman–Crippen MR) is 124 cm³/mol. The van der Waals surface area contributed by atoms with Crippen LogP contribution in [0.3, 0.4) is 0 Å². The Balaban J connectivity index is 1.31. The molecule has 9 heteroatoms. The van der Waals surface area contributed by atoms with E-state index in [1.54, 1.807) is 18.0 Å². The predicted octanol–water partition coefficient (Wildman–Crippen LogP) is 2.29. The van der Waals surface area contributed by atoms with Gasteiger partial charge in [-0.3, -0.25) is 14.4 Å². The third-order valence-electron chi connectivity index (χ3n) is 5.81. The Kier molecular flexibility index (Phi) is 7.06. The summed E-state index contributed by atoms with van der Waals surface area (Å²) in [6.45, 7) is 3.63. The summed E-state index contributed by atoms with van der Waals surface area (Å²) < 4.78 is 5.38. The highest BCUT2D eigenvalue weighted by Gasteiger charge is 2.36. The lowest BCUT2D eigenvalue weighted by Gasteiger charge is -2.29. The largest absolute Gasteiger partial charge is 0.378 e. The van der Waals surface area contributed by atoms with Crippen molar-refractivity contribution in [2.45, 2.75) is 18.9 Å². The maximum Gasteiger partial charge on any atom is 0.264 e. The summed E-state index contributed by atoms with van der Waals surface area (Å²) in [7, 11) is 1.61. The van der Waals surface area contributed by atoms with E-state index in [0.717, 1.165) is 38.4 Å². The standard InChI is InChI=1S/C23H28N4O4S/c1-25(22(29)19-4-2-10-27(19)23(30)20-5-3-15-32-20)16-21(28)24-17-6-8-18(9-7-17)26-11-13-31-14-12-26/h3,5-9,15,19H,2,4,10-14,16H2,1H3,(H,24,28)/t19-/m0/s1. The minimum Gasteiger partial charge on any atom is -0.378 e. The molecule has 32 heavy (non-hydrogen) atoms. The Bertz CT molecular complexity index is 941. The van der Waals surface area contributed by atoms with Gasteiger partial charge in [0.2, 0.25) is 11.8 Å². The number of ether oxygens (including phenoxy) is 1. The highest BCUT2D eigenvalue weighted by Crippen LogP contribution is 2.24. The van der Waals surface area contributed by atoms with Crippen molar-refractivity contribution in [1.82, 2.24) is 9.80 Å². The van der Waals surface area contributed by atoms with Crippen LogP contribution < -0.4 is 10.2 Å². The SMILES string of the molecule is CN(CC(=O)Nc1ccc(N2CCOCC2)cc1)C(=O)[C@@H]1CCCN1C(=O)c1cccs1. The molecule has 0 aliphatic carbocycles. The number of hydrogen-bond donors (Lipinski definition) is 1. The molecule has 1 atom stereocenters. The smallest absolute Gasteiger partial charge is 0.264 e. The molecule has 170 valence electrons. The molecule has 3 amide bonds. The molecular weight excluding hydrogens is 428 g/mol. The van der Waals surface area contributed by atoms with Gasteiger partial charge in [0.05, 0.1) is 24.6 Å². The Hall–Kier alpha value is -2.91. The van der Waals surface area contributed by atoms with Crippen LogP contribution in [-0.2, 0) is 14.3 Å². The van der Waals surface area contributed by atoms with Gasteiger partial charge in [-0.1, -0.05) is 6.07 Å². The molecule has 1 aromatic heterocycles. The van der Waals surface area contributed by atoms with Crippen molar-refractivity contribution in [3.05, 3.63) is 46.7 Å². The van der Waals surface area contributed by atoms with Gasteiger partial charge in [-0.2, -0.15) is 0 Å². The molecule has 0 saturated carbocycles. The number of nitrogens with zero attached hydrogens (tertiary/aromatic N) is 3. The van der Waals surface area contributed by atoms with E-state index in [1.807, 2.05) is 35.7 Å². The number of carbonyl (C=O) groups is 3. The Morgan fingerprint density at radius 2 is 1.88 bits per heavy atom. The second-order valence-electron chi connectivity index (χ2n) is 8.02. The van der Waals surface area contributed by atoms with Gasteiger partial charge in [-0.25, -0.2) is 0 Å². The van der Waals surface area contributed by atoms with Crippen LogP contribution in [0.15, 0.2) is 41.8 Å². The summed E-state index contributed by atoms with van der Waals surface area (Å²) in [5.74, 6) is -0.589. The minimum absolute atomic E-state index is 0.0679. The average Bonchev–Trinajstić information content (AvgIpc) is 3.51. The number of nitrogens with one attached hydrogen (secondary N) is 1. The van der Waals surface area contributed by atoms with E-state index in [1.165, 1.54) is 16.2 Å². The van der Waals surface area contributed by atoms with E-state index in [0.29, 0.717) is 23.5 Å². The van der Waals surface area contributed by atoms with Crippen molar-refractivity contribution in [2.24, 2.45) is 0 Å². The van der Waals surface area contributed by atoms with Gasteiger partial charge in [-0.05, 0) is 48.6 Å². The summed E-state index contributed by atoms with van der Waals surface area (Å²) >= 11 is 1.37. The molecule has 3 heterocycles. The van der Waals surface area contributed by atoms with Crippen molar-refractivity contribution in [3.8, 4) is 0 Å². The number of carbonyl (C=O) groups excluding carboxylic acids is 3. The van der Waals surface area contributed by atoms with E-state index < -0.39 is 6.04 Å². The van der Waals surface area contributed by atoms with Gasteiger partial charge >= 0.3 is 0 Å². The zero-order chi connectivity index (χ0) is 22.5.